The Morgan fingerprint density at radius 3 is 2.50 bits per heavy atom. The van der Waals surface area contributed by atoms with Crippen molar-refractivity contribution in [2.45, 2.75) is 25.3 Å². The van der Waals surface area contributed by atoms with Gasteiger partial charge in [-0.15, -0.1) is 0 Å². The summed E-state index contributed by atoms with van der Waals surface area (Å²) >= 11 is 1.09. The van der Waals surface area contributed by atoms with Crippen LogP contribution in [-0.2, 0) is 17.8 Å². The number of fused-ring (bicyclic) bond motifs is 1. The molecule has 1 saturated carbocycles. The quantitative estimate of drug-likeness (QED) is 0.252. The van der Waals surface area contributed by atoms with Gasteiger partial charge < -0.3 is 9.52 Å². The highest BCUT2D eigenvalue weighted by molar-refractivity contribution is 9.10. The third-order valence-electron chi connectivity index (χ3n) is 5.85. The number of carboxylic acids is 1. The van der Waals surface area contributed by atoms with E-state index in [1.165, 1.54) is 28.6 Å². The van der Waals surface area contributed by atoms with Crippen LogP contribution in [0.25, 0.3) is 22.3 Å². The highest BCUT2D eigenvalue weighted by Gasteiger charge is 2.32. The van der Waals surface area contributed by atoms with Crippen molar-refractivity contribution in [2.24, 2.45) is 0 Å². The maximum atomic E-state index is 13.4. The van der Waals surface area contributed by atoms with Crippen LogP contribution >= 0.6 is 15.9 Å². The highest BCUT2D eigenvalue weighted by Crippen LogP contribution is 2.48. The molecular formula is C25H19BrFNO5S. The van der Waals surface area contributed by atoms with Crippen molar-refractivity contribution in [3.05, 3.63) is 87.6 Å². The van der Waals surface area contributed by atoms with Gasteiger partial charge in [-0.05, 0) is 72.4 Å². The van der Waals surface area contributed by atoms with Gasteiger partial charge in [0.1, 0.15) is 22.7 Å². The van der Waals surface area contributed by atoms with Crippen LogP contribution < -0.4 is 4.31 Å². The lowest BCUT2D eigenvalue weighted by atomic mass is 10.0. The Kier molecular flexibility index (Phi) is 6.01. The van der Waals surface area contributed by atoms with Gasteiger partial charge in [0.15, 0.2) is 0 Å². The van der Waals surface area contributed by atoms with Crippen LogP contribution in [-0.4, -0.2) is 19.8 Å². The van der Waals surface area contributed by atoms with Gasteiger partial charge in [-0.2, -0.15) is 0 Å². The highest BCUT2D eigenvalue weighted by atomic mass is 79.9. The molecule has 3 aromatic carbocycles. The Morgan fingerprint density at radius 2 is 1.88 bits per heavy atom. The van der Waals surface area contributed by atoms with Crippen LogP contribution in [0.2, 0.25) is 0 Å². The maximum absolute atomic E-state index is 13.4. The van der Waals surface area contributed by atoms with Crippen molar-refractivity contribution >= 4 is 49.8 Å². The van der Waals surface area contributed by atoms with Crippen molar-refractivity contribution in [2.75, 3.05) is 4.31 Å². The maximum Gasteiger partial charge on any atom is 0.340 e. The normalized spacial score (nSPS) is 14.3. The standard InChI is InChI=1S/C25H19BrFNO5S/c26-17-3-1-2-14(10-17)13-28(34(31)32)21-12-22-20(11-19(21)15-4-5-15)23(25(29)30)24(33-22)16-6-8-18(27)9-7-16/h1-3,6-12,15H,4-5,13H2,(H,29,30)(H,31,32). The summed E-state index contributed by atoms with van der Waals surface area (Å²) in [6, 6.07) is 16.3. The van der Waals surface area contributed by atoms with Crippen LogP contribution in [0.1, 0.15) is 40.2 Å². The molecule has 174 valence electrons. The Balaban J connectivity index is 1.69. The van der Waals surface area contributed by atoms with E-state index >= 15 is 0 Å². The summed E-state index contributed by atoms with van der Waals surface area (Å²) in [4.78, 5) is 12.2. The molecule has 6 nitrogen and oxygen atoms in total. The van der Waals surface area contributed by atoms with E-state index in [0.717, 1.165) is 28.4 Å². The van der Waals surface area contributed by atoms with E-state index in [-0.39, 0.29) is 29.4 Å². The third-order valence-corrected chi connectivity index (χ3v) is 7.04. The molecule has 0 saturated heterocycles. The van der Waals surface area contributed by atoms with Gasteiger partial charge in [0, 0.05) is 21.5 Å². The summed E-state index contributed by atoms with van der Waals surface area (Å²) in [5.74, 6) is -1.32. The second-order valence-corrected chi connectivity index (χ2v) is 10.0. The van der Waals surface area contributed by atoms with Gasteiger partial charge in [0.05, 0.1) is 12.2 Å². The van der Waals surface area contributed by atoms with Crippen LogP contribution in [0, 0.1) is 5.82 Å². The molecular weight excluding hydrogens is 525 g/mol. The molecule has 0 amide bonds. The number of anilines is 1. The Hall–Kier alpha value is -3.01. The predicted molar refractivity (Wildman–Crippen MR) is 132 cm³/mol. The summed E-state index contributed by atoms with van der Waals surface area (Å²) in [5.41, 5.74) is 2.85. The molecule has 1 atom stereocenters. The number of halogens is 2. The van der Waals surface area contributed by atoms with Gasteiger partial charge in [-0.25, -0.2) is 13.4 Å². The number of carboxylic acid groups (broad SMARTS) is 1. The predicted octanol–water partition coefficient (Wildman–Crippen LogP) is 6.72. The molecule has 34 heavy (non-hydrogen) atoms. The van der Waals surface area contributed by atoms with E-state index in [1.807, 2.05) is 24.3 Å². The van der Waals surface area contributed by atoms with Crippen LogP contribution in [0.3, 0.4) is 0 Å². The molecule has 4 aromatic rings. The number of hydrogen-bond acceptors (Lipinski definition) is 3. The monoisotopic (exact) mass is 543 g/mol. The lowest BCUT2D eigenvalue weighted by molar-refractivity contribution is 0.0699. The van der Waals surface area contributed by atoms with Gasteiger partial charge in [0.25, 0.3) is 11.3 Å². The first-order valence-electron chi connectivity index (χ1n) is 10.5. The van der Waals surface area contributed by atoms with Crippen molar-refractivity contribution in [3.8, 4) is 11.3 Å². The van der Waals surface area contributed by atoms with E-state index in [4.69, 9.17) is 4.42 Å². The lowest BCUT2D eigenvalue weighted by Gasteiger charge is -2.23. The fraction of sp³-hybridized carbons (Fsp3) is 0.160. The fourth-order valence-electron chi connectivity index (χ4n) is 4.13. The lowest BCUT2D eigenvalue weighted by Crippen LogP contribution is -2.25. The molecule has 1 unspecified atom stereocenters. The minimum atomic E-state index is -2.33. The number of aromatic carboxylic acids is 1. The van der Waals surface area contributed by atoms with Gasteiger partial charge in [0.2, 0.25) is 0 Å². The second kappa shape index (κ2) is 8.98. The summed E-state index contributed by atoms with van der Waals surface area (Å²) in [7, 11) is 0. The molecule has 0 bridgehead atoms. The zero-order valence-corrected chi connectivity index (χ0v) is 20.1. The number of rotatable bonds is 7. The molecule has 0 radical (unpaired) electrons. The largest absolute Gasteiger partial charge is 0.478 e. The van der Waals surface area contributed by atoms with Crippen LogP contribution in [0.15, 0.2) is 69.6 Å². The van der Waals surface area contributed by atoms with E-state index in [1.54, 1.807) is 12.1 Å². The van der Waals surface area contributed by atoms with Crippen LogP contribution in [0.5, 0.6) is 0 Å². The first kappa shape index (κ1) is 22.8. The molecule has 5 rings (SSSR count). The zero-order chi connectivity index (χ0) is 24.0. The first-order valence-corrected chi connectivity index (χ1v) is 12.4. The molecule has 1 aliphatic carbocycles. The number of hydrogen-bond donors (Lipinski definition) is 2. The topological polar surface area (TPSA) is 91.0 Å². The Bertz CT molecular complexity index is 1430. The van der Waals surface area contributed by atoms with E-state index in [9.17, 15) is 23.1 Å². The van der Waals surface area contributed by atoms with E-state index in [0.29, 0.717) is 16.6 Å². The van der Waals surface area contributed by atoms with Gasteiger partial charge in [-0.3, -0.25) is 8.86 Å². The fourth-order valence-corrected chi connectivity index (χ4v) is 5.16. The molecule has 1 fully saturated rings. The van der Waals surface area contributed by atoms with Gasteiger partial charge >= 0.3 is 5.97 Å². The average molecular weight is 544 g/mol. The first-order chi connectivity index (χ1) is 16.3. The number of nitrogens with zero attached hydrogens (tertiary/aromatic N) is 1. The van der Waals surface area contributed by atoms with Crippen molar-refractivity contribution < 1.29 is 27.5 Å². The SMILES string of the molecule is O=C(O)c1c(-c2ccc(F)cc2)oc2cc(N(Cc3cccc(Br)c3)S(=O)O)c(C3CC3)cc12. The average Bonchev–Trinajstić information content (AvgIpc) is 3.57. The number of furan rings is 1. The Labute approximate surface area is 205 Å². The van der Waals surface area contributed by atoms with Crippen molar-refractivity contribution in [3.63, 3.8) is 0 Å². The summed E-state index contributed by atoms with van der Waals surface area (Å²) in [5, 5.41) is 10.4. The van der Waals surface area contributed by atoms with Crippen LogP contribution in [0.4, 0.5) is 10.1 Å². The summed E-state index contributed by atoms with van der Waals surface area (Å²) in [6.45, 7) is 0.172. The molecule has 1 aliphatic rings. The van der Waals surface area contributed by atoms with E-state index < -0.39 is 23.1 Å². The molecule has 1 heterocycles. The zero-order valence-electron chi connectivity index (χ0n) is 17.7. The molecule has 0 aliphatic heterocycles. The minimum Gasteiger partial charge on any atom is -0.478 e. The second-order valence-electron chi connectivity index (χ2n) is 8.20. The van der Waals surface area contributed by atoms with Gasteiger partial charge in [-0.1, -0.05) is 28.1 Å². The molecule has 1 aromatic heterocycles. The summed E-state index contributed by atoms with van der Waals surface area (Å²) < 4.78 is 44.2. The molecule has 9 heteroatoms. The number of benzene rings is 3. The van der Waals surface area contributed by atoms with Crippen molar-refractivity contribution in [1.82, 2.24) is 0 Å². The number of carbonyl (C=O) groups is 1. The Morgan fingerprint density at radius 1 is 1.15 bits per heavy atom. The molecule has 2 N–H and O–H groups in total. The smallest absolute Gasteiger partial charge is 0.340 e. The van der Waals surface area contributed by atoms with Crippen molar-refractivity contribution in [1.29, 1.82) is 0 Å². The summed E-state index contributed by atoms with van der Waals surface area (Å²) in [6.07, 6.45) is 1.82. The minimum absolute atomic E-state index is 0.0151. The third kappa shape index (κ3) is 4.38. The molecule has 0 spiro atoms. The van der Waals surface area contributed by atoms with E-state index in [2.05, 4.69) is 15.9 Å².